The lowest BCUT2D eigenvalue weighted by Gasteiger charge is -2.35. The van der Waals surface area contributed by atoms with Gasteiger partial charge in [-0.25, -0.2) is 0 Å². The van der Waals surface area contributed by atoms with Gasteiger partial charge in [-0.1, -0.05) is 48.0 Å². The van der Waals surface area contributed by atoms with Gasteiger partial charge in [-0.05, 0) is 30.6 Å². The summed E-state index contributed by atoms with van der Waals surface area (Å²) in [5.41, 5.74) is 0. The monoisotopic (exact) mass is 465 g/mol. The van der Waals surface area contributed by atoms with Crippen LogP contribution in [0.4, 0.5) is 0 Å². The summed E-state index contributed by atoms with van der Waals surface area (Å²) in [5.74, 6) is -1.96. The maximum absolute atomic E-state index is 13.5. The predicted octanol–water partition coefficient (Wildman–Crippen LogP) is 1.45. The lowest BCUT2D eigenvalue weighted by molar-refractivity contribution is -0.152. The molecule has 0 spiro atoms. The van der Waals surface area contributed by atoms with Crippen LogP contribution in [-0.4, -0.2) is 76.4 Å². The van der Waals surface area contributed by atoms with Crippen LogP contribution in [0.2, 0.25) is 0 Å². The van der Waals surface area contributed by atoms with Crippen molar-refractivity contribution in [1.29, 1.82) is 0 Å². The lowest BCUT2D eigenvalue weighted by Crippen LogP contribution is -2.58. The van der Waals surface area contributed by atoms with Gasteiger partial charge in [0.15, 0.2) is 0 Å². The SMILES string of the molecule is CC[C@H](C)[C@H](O)C(=O)N[C@H](C(=O)N1CCC[C@H]1C(=O)N1C(=O)C=C(OC)[C@@H]1C(C)C)C(C)C. The summed E-state index contributed by atoms with van der Waals surface area (Å²) in [6.07, 6.45) is 1.80. The molecule has 2 heterocycles. The first-order valence-corrected chi connectivity index (χ1v) is 11.9. The van der Waals surface area contributed by atoms with Crippen LogP contribution in [0.5, 0.6) is 0 Å². The molecule has 0 unspecified atom stereocenters. The van der Waals surface area contributed by atoms with Crippen molar-refractivity contribution in [3.05, 3.63) is 11.8 Å². The van der Waals surface area contributed by atoms with E-state index in [0.717, 1.165) is 0 Å². The minimum absolute atomic E-state index is 0.0538. The van der Waals surface area contributed by atoms with Crippen molar-refractivity contribution in [3.63, 3.8) is 0 Å². The molecule has 1 fully saturated rings. The maximum Gasteiger partial charge on any atom is 0.257 e. The molecule has 4 amide bonds. The van der Waals surface area contributed by atoms with E-state index >= 15 is 0 Å². The van der Waals surface area contributed by atoms with E-state index in [-0.39, 0.29) is 23.7 Å². The first kappa shape index (κ1) is 26.8. The number of hydrogen-bond donors (Lipinski definition) is 2. The van der Waals surface area contributed by atoms with Gasteiger partial charge in [0.1, 0.15) is 23.9 Å². The van der Waals surface area contributed by atoms with E-state index in [9.17, 15) is 24.3 Å². The molecule has 0 bridgehead atoms. The molecule has 5 atom stereocenters. The number of hydrogen-bond acceptors (Lipinski definition) is 6. The van der Waals surface area contributed by atoms with Crippen LogP contribution in [0.1, 0.15) is 60.8 Å². The minimum atomic E-state index is -1.22. The zero-order chi connectivity index (χ0) is 25.0. The van der Waals surface area contributed by atoms with Crippen molar-refractivity contribution < 1.29 is 29.0 Å². The maximum atomic E-state index is 13.5. The number of aliphatic hydroxyl groups is 1. The van der Waals surface area contributed by atoms with Crippen molar-refractivity contribution in [2.45, 2.75) is 85.0 Å². The second-order valence-corrected chi connectivity index (χ2v) is 9.74. The molecular formula is C24H39N3O6. The number of amides is 4. The van der Waals surface area contributed by atoms with Crippen LogP contribution in [0.3, 0.4) is 0 Å². The number of methoxy groups -OCH3 is 1. The number of rotatable bonds is 9. The molecular weight excluding hydrogens is 426 g/mol. The van der Waals surface area contributed by atoms with Crippen LogP contribution in [0.15, 0.2) is 11.8 Å². The molecule has 2 N–H and O–H groups in total. The van der Waals surface area contributed by atoms with Crippen LogP contribution < -0.4 is 5.32 Å². The normalized spacial score (nSPS) is 23.6. The fraction of sp³-hybridized carbons (Fsp3) is 0.750. The Bertz CT molecular complexity index is 793. The van der Waals surface area contributed by atoms with E-state index in [0.29, 0.717) is 31.6 Å². The van der Waals surface area contributed by atoms with Gasteiger partial charge in [0, 0.05) is 12.6 Å². The van der Waals surface area contributed by atoms with Crippen LogP contribution in [0.25, 0.3) is 0 Å². The lowest BCUT2D eigenvalue weighted by atomic mass is 9.98. The van der Waals surface area contributed by atoms with Crippen molar-refractivity contribution in [1.82, 2.24) is 15.1 Å². The number of likely N-dealkylation sites (tertiary alicyclic amines) is 1. The second-order valence-electron chi connectivity index (χ2n) is 9.74. The third kappa shape index (κ3) is 5.57. The summed E-state index contributed by atoms with van der Waals surface area (Å²) in [4.78, 5) is 54.8. The molecule has 0 aromatic rings. The van der Waals surface area contributed by atoms with E-state index in [2.05, 4.69) is 5.32 Å². The Morgan fingerprint density at radius 1 is 1.21 bits per heavy atom. The molecule has 33 heavy (non-hydrogen) atoms. The van der Waals surface area contributed by atoms with Gasteiger partial charge in [-0.2, -0.15) is 0 Å². The number of aliphatic hydroxyl groups excluding tert-OH is 1. The number of imide groups is 1. The van der Waals surface area contributed by atoms with E-state index in [4.69, 9.17) is 4.74 Å². The van der Waals surface area contributed by atoms with Gasteiger partial charge >= 0.3 is 0 Å². The van der Waals surface area contributed by atoms with Crippen molar-refractivity contribution in [3.8, 4) is 0 Å². The summed E-state index contributed by atoms with van der Waals surface area (Å²) >= 11 is 0. The summed E-state index contributed by atoms with van der Waals surface area (Å²) < 4.78 is 5.33. The topological polar surface area (TPSA) is 116 Å². The van der Waals surface area contributed by atoms with Gasteiger partial charge in [-0.3, -0.25) is 24.1 Å². The first-order chi connectivity index (χ1) is 15.5. The third-order valence-electron chi connectivity index (χ3n) is 6.68. The Morgan fingerprint density at radius 3 is 2.36 bits per heavy atom. The van der Waals surface area contributed by atoms with E-state index in [1.54, 1.807) is 20.8 Å². The smallest absolute Gasteiger partial charge is 0.257 e. The number of nitrogens with zero attached hydrogens (tertiary/aromatic N) is 2. The van der Waals surface area contributed by atoms with Crippen molar-refractivity contribution in [2.75, 3.05) is 13.7 Å². The average Bonchev–Trinajstić information content (AvgIpc) is 3.39. The standard InChI is InChI=1S/C24H39N3O6/c1-8-15(6)21(29)22(30)25-19(13(2)3)24(32)26-11-9-10-16(26)23(31)27-18(28)12-17(33-7)20(27)14(4)5/h12-16,19-21,29H,8-11H2,1-7H3,(H,25,30)/t15-,16-,19-,20-,21-/m0/s1. The van der Waals surface area contributed by atoms with E-state index < -0.39 is 42.0 Å². The van der Waals surface area contributed by atoms with E-state index in [1.165, 1.54) is 23.0 Å². The average molecular weight is 466 g/mol. The van der Waals surface area contributed by atoms with Gasteiger partial charge in [0.25, 0.3) is 11.8 Å². The highest BCUT2D eigenvalue weighted by atomic mass is 16.5. The quantitative estimate of drug-likeness (QED) is 0.498. The number of carbonyl (C=O) groups is 4. The summed E-state index contributed by atoms with van der Waals surface area (Å²) in [6, 6.07) is -2.18. The highest BCUT2D eigenvalue weighted by Gasteiger charge is 2.47. The zero-order valence-corrected chi connectivity index (χ0v) is 20.8. The number of nitrogens with one attached hydrogen (secondary N) is 1. The van der Waals surface area contributed by atoms with Gasteiger partial charge in [0.2, 0.25) is 11.8 Å². The summed E-state index contributed by atoms with van der Waals surface area (Å²) in [6.45, 7) is 11.4. The van der Waals surface area contributed by atoms with Crippen LogP contribution in [0, 0.1) is 17.8 Å². The Hall–Kier alpha value is -2.42. The highest BCUT2D eigenvalue weighted by molar-refractivity contribution is 6.07. The molecule has 0 aromatic heterocycles. The van der Waals surface area contributed by atoms with Gasteiger partial charge < -0.3 is 20.1 Å². The molecule has 0 aromatic carbocycles. The minimum Gasteiger partial charge on any atom is -0.499 e. The van der Waals surface area contributed by atoms with Gasteiger partial charge in [0.05, 0.1) is 13.2 Å². The van der Waals surface area contributed by atoms with Crippen LogP contribution >= 0.6 is 0 Å². The highest BCUT2D eigenvalue weighted by Crippen LogP contribution is 2.30. The predicted molar refractivity (Wildman–Crippen MR) is 123 cm³/mol. The molecule has 9 heteroatoms. The molecule has 186 valence electrons. The molecule has 0 saturated carbocycles. The molecule has 9 nitrogen and oxygen atoms in total. The number of ether oxygens (including phenoxy) is 1. The van der Waals surface area contributed by atoms with Crippen LogP contribution in [-0.2, 0) is 23.9 Å². The molecule has 1 saturated heterocycles. The Labute approximate surface area is 196 Å². The van der Waals surface area contributed by atoms with Gasteiger partial charge in [-0.15, -0.1) is 0 Å². The first-order valence-electron chi connectivity index (χ1n) is 11.9. The Kier molecular flexibility index (Phi) is 9.05. The molecule has 0 aliphatic carbocycles. The number of carbonyl (C=O) groups excluding carboxylic acids is 4. The zero-order valence-electron chi connectivity index (χ0n) is 20.8. The Balaban J connectivity index is 2.23. The Morgan fingerprint density at radius 2 is 1.85 bits per heavy atom. The van der Waals surface area contributed by atoms with E-state index in [1.807, 2.05) is 20.8 Å². The molecule has 0 radical (unpaired) electrons. The molecule has 2 rings (SSSR count). The third-order valence-corrected chi connectivity index (χ3v) is 6.68. The largest absolute Gasteiger partial charge is 0.499 e. The second kappa shape index (κ2) is 11.1. The summed E-state index contributed by atoms with van der Waals surface area (Å²) in [7, 11) is 1.47. The molecule has 2 aliphatic rings. The van der Waals surface area contributed by atoms with Crippen molar-refractivity contribution >= 4 is 23.6 Å². The fourth-order valence-electron chi connectivity index (χ4n) is 4.45. The molecule has 2 aliphatic heterocycles. The summed E-state index contributed by atoms with van der Waals surface area (Å²) in [5, 5.41) is 12.9. The fourth-order valence-corrected chi connectivity index (χ4v) is 4.45. The van der Waals surface area contributed by atoms with Crippen molar-refractivity contribution in [2.24, 2.45) is 17.8 Å².